The van der Waals surface area contributed by atoms with Crippen LogP contribution in [-0.2, 0) is 4.79 Å². The molecule has 90 valence electrons. The highest BCUT2D eigenvalue weighted by Crippen LogP contribution is 2.27. The first-order valence-corrected chi connectivity index (χ1v) is 5.71. The second kappa shape index (κ2) is 3.86. The molecule has 18 heavy (non-hydrogen) atoms. The summed E-state index contributed by atoms with van der Waals surface area (Å²) < 4.78 is 0. The lowest BCUT2D eigenvalue weighted by atomic mass is 10.1. The van der Waals surface area contributed by atoms with Gasteiger partial charge in [-0.15, -0.1) is 0 Å². The largest absolute Gasteiger partial charge is 0.383 e. The summed E-state index contributed by atoms with van der Waals surface area (Å²) in [6.45, 7) is 0.512. The third-order valence-electron chi connectivity index (χ3n) is 3.27. The van der Waals surface area contributed by atoms with E-state index in [4.69, 9.17) is 5.26 Å². The third kappa shape index (κ3) is 1.47. The lowest BCUT2D eigenvalue weighted by Gasteiger charge is -2.15. The van der Waals surface area contributed by atoms with Gasteiger partial charge in [0.25, 0.3) is 5.91 Å². The van der Waals surface area contributed by atoms with Crippen LogP contribution in [0.25, 0.3) is 10.9 Å². The van der Waals surface area contributed by atoms with Crippen molar-refractivity contribution in [3.8, 4) is 6.07 Å². The molecule has 2 heterocycles. The van der Waals surface area contributed by atoms with E-state index in [1.54, 1.807) is 17.2 Å². The van der Waals surface area contributed by atoms with Gasteiger partial charge in [-0.2, -0.15) is 5.26 Å². The molecule has 1 atom stereocenters. The molecular weight excluding hydrogens is 230 g/mol. The van der Waals surface area contributed by atoms with Crippen LogP contribution in [0.2, 0.25) is 0 Å². The average molecular weight is 241 g/mol. The van der Waals surface area contributed by atoms with Gasteiger partial charge in [0, 0.05) is 35.8 Å². The zero-order chi connectivity index (χ0) is 12.7. The predicted molar refractivity (Wildman–Crippen MR) is 66.0 cm³/mol. The van der Waals surface area contributed by atoms with E-state index in [9.17, 15) is 9.90 Å². The number of aromatic amines is 1. The number of aliphatic hydroxyl groups is 1. The molecule has 0 spiro atoms. The summed E-state index contributed by atoms with van der Waals surface area (Å²) in [4.78, 5) is 16.3. The minimum Gasteiger partial charge on any atom is -0.383 e. The summed E-state index contributed by atoms with van der Waals surface area (Å²) in [7, 11) is 0. The van der Waals surface area contributed by atoms with Crippen molar-refractivity contribution in [1.82, 2.24) is 4.98 Å². The Bertz CT molecular complexity index is 668. The zero-order valence-electron chi connectivity index (χ0n) is 9.55. The highest BCUT2D eigenvalue weighted by atomic mass is 16.3. The van der Waals surface area contributed by atoms with Crippen LogP contribution in [0.1, 0.15) is 12.0 Å². The molecule has 0 radical (unpaired) electrons. The first kappa shape index (κ1) is 10.8. The quantitative estimate of drug-likeness (QED) is 0.785. The van der Waals surface area contributed by atoms with E-state index >= 15 is 0 Å². The highest BCUT2D eigenvalue weighted by molar-refractivity contribution is 6.00. The van der Waals surface area contributed by atoms with E-state index in [2.05, 4.69) is 11.1 Å². The smallest absolute Gasteiger partial charge is 0.255 e. The fourth-order valence-electron chi connectivity index (χ4n) is 2.29. The maximum absolute atomic E-state index is 11.7. The van der Waals surface area contributed by atoms with Gasteiger partial charge < -0.3 is 15.0 Å². The fourth-order valence-corrected chi connectivity index (χ4v) is 2.29. The number of nitriles is 1. The topological polar surface area (TPSA) is 80.1 Å². The van der Waals surface area contributed by atoms with Crippen LogP contribution in [0.4, 0.5) is 5.69 Å². The number of amides is 1. The Morgan fingerprint density at radius 2 is 2.33 bits per heavy atom. The number of benzene rings is 1. The van der Waals surface area contributed by atoms with Crippen molar-refractivity contribution in [2.75, 3.05) is 11.4 Å². The molecule has 1 aromatic carbocycles. The van der Waals surface area contributed by atoms with E-state index in [0.29, 0.717) is 18.5 Å². The Kier molecular flexibility index (Phi) is 2.32. The monoisotopic (exact) mass is 241 g/mol. The van der Waals surface area contributed by atoms with Crippen LogP contribution in [-0.4, -0.2) is 28.6 Å². The van der Waals surface area contributed by atoms with Crippen LogP contribution >= 0.6 is 0 Å². The van der Waals surface area contributed by atoms with Crippen molar-refractivity contribution in [2.24, 2.45) is 0 Å². The molecule has 5 heteroatoms. The summed E-state index contributed by atoms with van der Waals surface area (Å²) in [5, 5.41) is 19.2. The number of aliphatic hydroxyl groups excluding tert-OH is 1. The van der Waals surface area contributed by atoms with Crippen LogP contribution < -0.4 is 4.90 Å². The molecule has 1 amide bonds. The molecule has 1 fully saturated rings. The lowest BCUT2D eigenvalue weighted by molar-refractivity contribution is -0.123. The summed E-state index contributed by atoms with van der Waals surface area (Å²) in [6, 6.07) is 7.56. The number of nitrogens with one attached hydrogen (secondary N) is 1. The van der Waals surface area contributed by atoms with Gasteiger partial charge in [0.05, 0.1) is 5.56 Å². The van der Waals surface area contributed by atoms with Crippen LogP contribution in [0.3, 0.4) is 0 Å². The molecule has 0 bridgehead atoms. The van der Waals surface area contributed by atoms with Gasteiger partial charge in [-0.25, -0.2) is 0 Å². The molecule has 1 aliphatic rings. The van der Waals surface area contributed by atoms with Gasteiger partial charge in [-0.1, -0.05) is 0 Å². The van der Waals surface area contributed by atoms with Gasteiger partial charge in [-0.05, 0) is 18.2 Å². The second-order valence-corrected chi connectivity index (χ2v) is 4.34. The van der Waals surface area contributed by atoms with Crippen molar-refractivity contribution in [2.45, 2.75) is 12.5 Å². The van der Waals surface area contributed by atoms with Crippen molar-refractivity contribution < 1.29 is 9.90 Å². The second-order valence-electron chi connectivity index (χ2n) is 4.34. The third-order valence-corrected chi connectivity index (χ3v) is 3.27. The van der Waals surface area contributed by atoms with Gasteiger partial charge >= 0.3 is 0 Å². The molecule has 5 nitrogen and oxygen atoms in total. The Morgan fingerprint density at radius 1 is 1.50 bits per heavy atom. The molecule has 0 saturated carbocycles. The SMILES string of the molecule is N#Cc1c[nH]c2ccc(N3CCC(O)C3=O)cc12. The number of hydrogen-bond acceptors (Lipinski definition) is 3. The Morgan fingerprint density at radius 3 is 3.00 bits per heavy atom. The van der Waals surface area contributed by atoms with Crippen molar-refractivity contribution in [3.63, 3.8) is 0 Å². The van der Waals surface area contributed by atoms with Gasteiger partial charge in [0.1, 0.15) is 12.2 Å². The molecule has 1 saturated heterocycles. The minimum absolute atomic E-state index is 0.275. The van der Waals surface area contributed by atoms with Crippen molar-refractivity contribution >= 4 is 22.5 Å². The van der Waals surface area contributed by atoms with Crippen LogP contribution in [0.15, 0.2) is 24.4 Å². The number of H-pyrrole nitrogens is 1. The van der Waals surface area contributed by atoms with E-state index in [1.807, 2.05) is 12.1 Å². The highest BCUT2D eigenvalue weighted by Gasteiger charge is 2.30. The predicted octanol–water partition coefficient (Wildman–Crippen LogP) is 1.14. The zero-order valence-corrected chi connectivity index (χ0v) is 9.55. The molecule has 1 unspecified atom stereocenters. The van der Waals surface area contributed by atoms with E-state index < -0.39 is 6.10 Å². The summed E-state index contributed by atoms with van der Waals surface area (Å²) in [6.07, 6.45) is 1.20. The Balaban J connectivity index is 2.08. The maximum atomic E-state index is 11.7. The number of fused-ring (bicyclic) bond motifs is 1. The molecule has 1 aliphatic heterocycles. The fraction of sp³-hybridized carbons (Fsp3) is 0.231. The number of carbonyl (C=O) groups excluding carboxylic acids is 1. The van der Waals surface area contributed by atoms with Crippen molar-refractivity contribution in [1.29, 1.82) is 5.26 Å². The van der Waals surface area contributed by atoms with Gasteiger partial charge in [-0.3, -0.25) is 4.79 Å². The lowest BCUT2D eigenvalue weighted by Crippen LogP contribution is -2.28. The Labute approximate surface area is 103 Å². The van der Waals surface area contributed by atoms with Crippen LogP contribution in [0.5, 0.6) is 0 Å². The minimum atomic E-state index is -0.901. The van der Waals surface area contributed by atoms with E-state index in [-0.39, 0.29) is 5.91 Å². The van der Waals surface area contributed by atoms with E-state index in [1.165, 1.54) is 0 Å². The van der Waals surface area contributed by atoms with Gasteiger partial charge in [0.15, 0.2) is 0 Å². The number of carbonyl (C=O) groups is 1. The number of anilines is 1. The molecule has 3 rings (SSSR count). The standard InChI is InChI=1S/C13H11N3O2/c14-6-8-7-15-11-2-1-9(5-10(8)11)16-4-3-12(17)13(16)18/h1-2,5,7,12,15,17H,3-4H2. The molecule has 0 aliphatic carbocycles. The number of nitrogens with zero attached hydrogens (tertiary/aromatic N) is 2. The molecular formula is C13H11N3O2. The molecule has 2 N–H and O–H groups in total. The van der Waals surface area contributed by atoms with Crippen LogP contribution in [0, 0.1) is 11.3 Å². The molecule has 2 aromatic rings. The summed E-state index contributed by atoms with van der Waals surface area (Å²) in [5.74, 6) is -0.275. The summed E-state index contributed by atoms with van der Waals surface area (Å²) >= 11 is 0. The Hall–Kier alpha value is -2.32. The normalized spacial score (nSPS) is 19.4. The maximum Gasteiger partial charge on any atom is 0.255 e. The molecule has 1 aromatic heterocycles. The first-order valence-electron chi connectivity index (χ1n) is 5.71. The number of hydrogen-bond donors (Lipinski definition) is 2. The summed E-state index contributed by atoms with van der Waals surface area (Å²) in [5.41, 5.74) is 2.14. The van der Waals surface area contributed by atoms with E-state index in [0.717, 1.165) is 16.6 Å². The van der Waals surface area contributed by atoms with Crippen molar-refractivity contribution in [3.05, 3.63) is 30.0 Å². The first-order chi connectivity index (χ1) is 8.70. The number of rotatable bonds is 1. The average Bonchev–Trinajstić information content (AvgIpc) is 2.94. The van der Waals surface area contributed by atoms with Gasteiger partial charge in [0.2, 0.25) is 0 Å². The number of aromatic nitrogens is 1.